The van der Waals surface area contributed by atoms with Crippen LogP contribution in [0, 0.1) is 0 Å². The van der Waals surface area contributed by atoms with Gasteiger partial charge < -0.3 is 10.6 Å². The minimum atomic E-state index is -0.426. The number of hydrogen-bond acceptors (Lipinski definition) is 4. The lowest BCUT2D eigenvalue weighted by Crippen LogP contribution is -2.28. The van der Waals surface area contributed by atoms with Gasteiger partial charge in [-0.25, -0.2) is 0 Å². The molecule has 0 bridgehead atoms. The van der Waals surface area contributed by atoms with Gasteiger partial charge in [0.05, 0.1) is 5.69 Å². The first-order chi connectivity index (χ1) is 10.5. The maximum atomic E-state index is 12.1. The lowest BCUT2D eigenvalue weighted by molar-refractivity contribution is -0.122. The summed E-state index contributed by atoms with van der Waals surface area (Å²) in [7, 11) is 0. The van der Waals surface area contributed by atoms with E-state index in [0.29, 0.717) is 10.9 Å². The van der Waals surface area contributed by atoms with E-state index >= 15 is 0 Å². The number of rotatable bonds is 5. The van der Waals surface area contributed by atoms with Crippen LogP contribution in [0.2, 0.25) is 0 Å². The van der Waals surface area contributed by atoms with Gasteiger partial charge in [-0.05, 0) is 41.4 Å². The van der Waals surface area contributed by atoms with Crippen LogP contribution in [0.25, 0.3) is 0 Å². The Morgan fingerprint density at radius 3 is 2.91 bits per heavy atom. The van der Waals surface area contributed by atoms with Crippen molar-refractivity contribution in [1.29, 1.82) is 0 Å². The maximum absolute atomic E-state index is 12.1. The Labute approximate surface area is 142 Å². The summed E-state index contributed by atoms with van der Waals surface area (Å²) < 4.78 is 0.811. The van der Waals surface area contributed by atoms with E-state index in [-0.39, 0.29) is 24.3 Å². The fraction of sp³-hybridized carbons (Fsp3) is 0.400. The van der Waals surface area contributed by atoms with Crippen LogP contribution in [-0.2, 0) is 9.59 Å². The standard InChI is InChI=1S/C15H18BrN3O2S/c1-3-9(2)17-15-19-14(21)12(22-15)8-13(20)18-11-7-5-4-6-10(11)16/h4-7,9,12H,3,8H2,1-2H3,(H,18,20)(H,17,19,21). The molecule has 0 spiro atoms. The predicted molar refractivity (Wildman–Crippen MR) is 94.1 cm³/mol. The summed E-state index contributed by atoms with van der Waals surface area (Å²) in [6.07, 6.45) is 1.03. The first-order valence-corrected chi connectivity index (χ1v) is 8.76. The quantitative estimate of drug-likeness (QED) is 0.819. The van der Waals surface area contributed by atoms with Gasteiger partial charge in [0.1, 0.15) is 5.25 Å². The highest BCUT2D eigenvalue weighted by Gasteiger charge is 2.32. The first-order valence-electron chi connectivity index (χ1n) is 7.09. The average molecular weight is 384 g/mol. The van der Waals surface area contributed by atoms with Gasteiger partial charge in [-0.2, -0.15) is 0 Å². The molecule has 0 saturated carbocycles. The zero-order valence-electron chi connectivity index (χ0n) is 12.4. The normalized spacial score (nSPS) is 20.8. The molecule has 2 amide bonds. The third-order valence-electron chi connectivity index (χ3n) is 3.22. The summed E-state index contributed by atoms with van der Waals surface area (Å²) >= 11 is 4.70. The zero-order valence-corrected chi connectivity index (χ0v) is 14.8. The number of amides is 2. The molecular formula is C15H18BrN3O2S. The van der Waals surface area contributed by atoms with Gasteiger partial charge in [0, 0.05) is 16.9 Å². The molecular weight excluding hydrogens is 366 g/mol. The second-order valence-corrected chi connectivity index (χ2v) is 7.07. The van der Waals surface area contributed by atoms with Gasteiger partial charge in [-0.1, -0.05) is 30.8 Å². The van der Waals surface area contributed by atoms with E-state index in [1.165, 1.54) is 11.8 Å². The summed E-state index contributed by atoms with van der Waals surface area (Å²) in [5, 5.41) is 5.72. The van der Waals surface area contributed by atoms with Crippen molar-refractivity contribution in [2.75, 3.05) is 5.32 Å². The van der Waals surface area contributed by atoms with E-state index in [4.69, 9.17) is 0 Å². The molecule has 1 aromatic rings. The number of carbonyl (C=O) groups is 2. The van der Waals surface area contributed by atoms with E-state index in [9.17, 15) is 9.59 Å². The van der Waals surface area contributed by atoms with Gasteiger partial charge in [0.2, 0.25) is 11.8 Å². The third kappa shape index (κ3) is 4.58. The first kappa shape index (κ1) is 17.0. The molecule has 118 valence electrons. The Balaban J connectivity index is 1.94. The molecule has 7 heteroatoms. The lowest BCUT2D eigenvalue weighted by Gasteiger charge is -2.08. The Morgan fingerprint density at radius 2 is 2.23 bits per heavy atom. The number of nitrogens with one attached hydrogen (secondary N) is 2. The molecule has 1 fully saturated rings. The van der Waals surface area contributed by atoms with Crippen molar-refractivity contribution in [1.82, 2.24) is 5.32 Å². The van der Waals surface area contributed by atoms with Crippen LogP contribution >= 0.6 is 27.7 Å². The highest BCUT2D eigenvalue weighted by atomic mass is 79.9. The molecule has 1 aliphatic rings. The SMILES string of the molecule is CCC(C)N=C1NC(=O)C(CC(=O)Nc2ccccc2Br)S1. The summed E-state index contributed by atoms with van der Waals surface area (Å²) in [5.41, 5.74) is 0.699. The Morgan fingerprint density at radius 1 is 1.50 bits per heavy atom. The number of thioether (sulfide) groups is 1. The summed E-state index contributed by atoms with van der Waals surface area (Å²) in [4.78, 5) is 28.4. The fourth-order valence-electron chi connectivity index (χ4n) is 1.82. The molecule has 2 rings (SSSR count). The molecule has 22 heavy (non-hydrogen) atoms. The molecule has 5 nitrogen and oxygen atoms in total. The number of anilines is 1. The molecule has 1 aliphatic heterocycles. The number of carbonyl (C=O) groups excluding carboxylic acids is 2. The molecule has 0 aromatic heterocycles. The van der Waals surface area contributed by atoms with Crippen LogP contribution in [0.15, 0.2) is 33.7 Å². The fourth-order valence-corrected chi connectivity index (χ4v) is 3.28. The van der Waals surface area contributed by atoms with Crippen molar-refractivity contribution in [2.24, 2.45) is 4.99 Å². The van der Waals surface area contributed by atoms with Crippen molar-refractivity contribution in [3.63, 3.8) is 0 Å². The molecule has 0 aliphatic carbocycles. The molecule has 2 atom stereocenters. The topological polar surface area (TPSA) is 70.6 Å². The third-order valence-corrected chi connectivity index (χ3v) is 5.01. The highest BCUT2D eigenvalue weighted by Crippen LogP contribution is 2.25. The average Bonchev–Trinajstić information content (AvgIpc) is 2.81. The predicted octanol–water partition coefficient (Wildman–Crippen LogP) is 3.16. The second kappa shape index (κ2) is 7.78. The van der Waals surface area contributed by atoms with Gasteiger partial charge in [0.15, 0.2) is 5.17 Å². The van der Waals surface area contributed by atoms with Gasteiger partial charge in [-0.3, -0.25) is 14.6 Å². The van der Waals surface area contributed by atoms with E-state index in [1.54, 1.807) is 6.07 Å². The van der Waals surface area contributed by atoms with Crippen LogP contribution in [0.5, 0.6) is 0 Å². The Kier molecular flexibility index (Phi) is 6.02. The Hall–Kier alpha value is -1.34. The number of para-hydroxylation sites is 1. The van der Waals surface area contributed by atoms with E-state index in [1.807, 2.05) is 32.0 Å². The van der Waals surface area contributed by atoms with Crippen molar-refractivity contribution in [3.05, 3.63) is 28.7 Å². The van der Waals surface area contributed by atoms with Crippen LogP contribution < -0.4 is 10.6 Å². The van der Waals surface area contributed by atoms with Crippen LogP contribution in [0.3, 0.4) is 0 Å². The number of aliphatic imine (C=N–C) groups is 1. The molecule has 1 heterocycles. The van der Waals surface area contributed by atoms with E-state index < -0.39 is 5.25 Å². The van der Waals surface area contributed by atoms with Gasteiger partial charge in [-0.15, -0.1) is 0 Å². The number of hydrogen-bond donors (Lipinski definition) is 2. The summed E-state index contributed by atoms with van der Waals surface area (Å²) in [5.74, 6) is -0.348. The van der Waals surface area contributed by atoms with E-state index in [2.05, 4.69) is 31.6 Å². The van der Waals surface area contributed by atoms with E-state index in [0.717, 1.165) is 10.9 Å². The van der Waals surface area contributed by atoms with Crippen molar-refractivity contribution < 1.29 is 9.59 Å². The second-order valence-electron chi connectivity index (χ2n) is 5.02. The Bertz CT molecular complexity index is 606. The summed E-state index contributed by atoms with van der Waals surface area (Å²) in [6.45, 7) is 4.03. The number of halogens is 1. The van der Waals surface area contributed by atoms with Crippen LogP contribution in [0.1, 0.15) is 26.7 Å². The highest BCUT2D eigenvalue weighted by molar-refractivity contribution is 9.10. The maximum Gasteiger partial charge on any atom is 0.240 e. The zero-order chi connectivity index (χ0) is 16.1. The monoisotopic (exact) mass is 383 g/mol. The van der Waals surface area contributed by atoms with Crippen molar-refractivity contribution in [3.8, 4) is 0 Å². The molecule has 0 radical (unpaired) electrons. The molecule has 1 saturated heterocycles. The van der Waals surface area contributed by atoms with Crippen molar-refractivity contribution >= 4 is 50.4 Å². The largest absolute Gasteiger partial charge is 0.325 e. The molecule has 1 aromatic carbocycles. The van der Waals surface area contributed by atoms with Crippen molar-refractivity contribution in [2.45, 2.75) is 38.0 Å². The molecule has 2 unspecified atom stereocenters. The lowest BCUT2D eigenvalue weighted by atomic mass is 10.2. The summed E-state index contributed by atoms with van der Waals surface area (Å²) in [6, 6.07) is 7.53. The van der Waals surface area contributed by atoms with Crippen LogP contribution in [-0.4, -0.2) is 28.3 Å². The number of benzene rings is 1. The van der Waals surface area contributed by atoms with Crippen LogP contribution in [0.4, 0.5) is 5.69 Å². The van der Waals surface area contributed by atoms with Gasteiger partial charge >= 0.3 is 0 Å². The number of amidine groups is 1. The smallest absolute Gasteiger partial charge is 0.240 e. The number of nitrogens with zero attached hydrogens (tertiary/aromatic N) is 1. The minimum Gasteiger partial charge on any atom is -0.325 e. The minimum absolute atomic E-state index is 0.122. The van der Waals surface area contributed by atoms with Gasteiger partial charge in [0.25, 0.3) is 0 Å². The molecule has 2 N–H and O–H groups in total.